The normalized spacial score (nSPS) is 24.4. The molecule has 2 aliphatic rings. The van der Waals surface area contributed by atoms with Gasteiger partial charge in [-0.25, -0.2) is 0 Å². The Bertz CT molecular complexity index is 411. The van der Waals surface area contributed by atoms with E-state index in [-0.39, 0.29) is 11.9 Å². The molecule has 7 heteroatoms. The number of guanidine groups is 1. The molecule has 2 heterocycles. The van der Waals surface area contributed by atoms with Crippen LogP contribution < -0.4 is 10.6 Å². The topological polar surface area (TPSA) is 75.2 Å². The summed E-state index contributed by atoms with van der Waals surface area (Å²) in [6.45, 7) is 7.60. The van der Waals surface area contributed by atoms with Gasteiger partial charge in [0.1, 0.15) is 0 Å². The molecule has 2 N–H and O–H groups in total. The van der Waals surface area contributed by atoms with Gasteiger partial charge in [-0.15, -0.1) is 0 Å². The van der Waals surface area contributed by atoms with E-state index >= 15 is 0 Å². The van der Waals surface area contributed by atoms with Crippen molar-refractivity contribution in [3.8, 4) is 0 Å². The molecule has 138 valence electrons. The van der Waals surface area contributed by atoms with E-state index in [1.807, 2.05) is 11.8 Å². The Hall–Kier alpha value is -1.34. The van der Waals surface area contributed by atoms with E-state index in [0.717, 1.165) is 71.3 Å². The molecule has 0 spiro atoms. The quantitative estimate of drug-likeness (QED) is 0.385. The maximum Gasteiger partial charge on any atom is 0.222 e. The van der Waals surface area contributed by atoms with Gasteiger partial charge in [-0.1, -0.05) is 6.92 Å². The van der Waals surface area contributed by atoms with Crippen LogP contribution in [-0.4, -0.2) is 75.9 Å². The number of aliphatic imine (C=N–C) groups is 1. The Balaban J connectivity index is 1.53. The number of amides is 1. The summed E-state index contributed by atoms with van der Waals surface area (Å²) in [5.41, 5.74) is 0. The van der Waals surface area contributed by atoms with Crippen LogP contribution in [0.15, 0.2) is 4.99 Å². The second-order valence-corrected chi connectivity index (χ2v) is 6.48. The summed E-state index contributed by atoms with van der Waals surface area (Å²) in [5.74, 6) is 1.60. The largest absolute Gasteiger partial charge is 0.381 e. The van der Waals surface area contributed by atoms with Crippen molar-refractivity contribution in [1.29, 1.82) is 0 Å². The summed E-state index contributed by atoms with van der Waals surface area (Å²) < 4.78 is 11.0. The molecule has 0 aromatic heterocycles. The van der Waals surface area contributed by atoms with Crippen LogP contribution in [0.2, 0.25) is 0 Å². The van der Waals surface area contributed by atoms with Crippen LogP contribution in [0.5, 0.6) is 0 Å². The molecule has 24 heavy (non-hydrogen) atoms. The molecule has 1 amide bonds. The van der Waals surface area contributed by atoms with Gasteiger partial charge < -0.3 is 25.0 Å². The molecule has 2 rings (SSSR count). The number of nitrogens with zero attached hydrogens (tertiary/aromatic N) is 2. The van der Waals surface area contributed by atoms with E-state index in [2.05, 4.69) is 15.6 Å². The first-order valence-corrected chi connectivity index (χ1v) is 9.13. The number of nitrogens with one attached hydrogen (secondary N) is 2. The molecule has 0 radical (unpaired) electrons. The molecule has 0 aromatic carbocycles. The lowest BCUT2D eigenvalue weighted by Crippen LogP contribution is -2.45. The third kappa shape index (κ3) is 6.28. The molecule has 7 nitrogen and oxygen atoms in total. The van der Waals surface area contributed by atoms with Crippen molar-refractivity contribution in [1.82, 2.24) is 15.5 Å². The van der Waals surface area contributed by atoms with E-state index < -0.39 is 0 Å². The zero-order chi connectivity index (χ0) is 17.2. The van der Waals surface area contributed by atoms with Gasteiger partial charge in [-0.3, -0.25) is 9.79 Å². The SMILES string of the molecule is CCC(=O)N1CCC(NC(=NC)NCCCOCC2CCOC2)C1. The Labute approximate surface area is 145 Å². The minimum Gasteiger partial charge on any atom is -0.381 e. The van der Waals surface area contributed by atoms with Gasteiger partial charge in [0.15, 0.2) is 5.96 Å². The van der Waals surface area contributed by atoms with Gasteiger partial charge in [-0.2, -0.15) is 0 Å². The highest BCUT2D eigenvalue weighted by Gasteiger charge is 2.25. The third-order valence-corrected chi connectivity index (χ3v) is 4.54. The maximum atomic E-state index is 11.7. The van der Waals surface area contributed by atoms with E-state index in [0.29, 0.717) is 12.3 Å². The van der Waals surface area contributed by atoms with Crippen LogP contribution in [0, 0.1) is 5.92 Å². The summed E-state index contributed by atoms with van der Waals surface area (Å²) in [4.78, 5) is 17.9. The van der Waals surface area contributed by atoms with Gasteiger partial charge in [0.2, 0.25) is 5.91 Å². The van der Waals surface area contributed by atoms with Crippen molar-refractivity contribution in [3.05, 3.63) is 0 Å². The molecule has 0 saturated carbocycles. The summed E-state index contributed by atoms with van der Waals surface area (Å²) in [5, 5.41) is 6.71. The standard InChI is InChI=1S/C17H32N4O3/c1-3-16(22)21-8-5-15(11-21)20-17(18-2)19-7-4-9-23-12-14-6-10-24-13-14/h14-15H,3-13H2,1-2H3,(H2,18,19,20). The second kappa shape index (κ2) is 10.5. The molecule has 0 aliphatic carbocycles. The zero-order valence-corrected chi connectivity index (χ0v) is 15.1. The summed E-state index contributed by atoms with van der Waals surface area (Å²) in [6.07, 6.45) is 3.61. The highest BCUT2D eigenvalue weighted by molar-refractivity contribution is 5.80. The molecule has 2 aliphatic heterocycles. The van der Waals surface area contributed by atoms with Gasteiger partial charge in [0.25, 0.3) is 0 Å². The first-order valence-electron chi connectivity index (χ1n) is 9.13. The lowest BCUT2D eigenvalue weighted by Gasteiger charge is -2.18. The van der Waals surface area contributed by atoms with E-state index in [1.165, 1.54) is 0 Å². The number of rotatable bonds is 8. The minimum atomic E-state index is 0.229. The first kappa shape index (κ1) is 19.0. The molecule has 0 aromatic rings. The molecular weight excluding hydrogens is 308 g/mol. The average molecular weight is 340 g/mol. The van der Waals surface area contributed by atoms with Crippen molar-refractivity contribution in [2.45, 2.75) is 38.6 Å². The predicted octanol–water partition coefficient (Wildman–Crippen LogP) is 0.606. The van der Waals surface area contributed by atoms with Crippen molar-refractivity contribution in [3.63, 3.8) is 0 Å². The van der Waals surface area contributed by atoms with Crippen LogP contribution in [0.4, 0.5) is 0 Å². The van der Waals surface area contributed by atoms with Gasteiger partial charge in [-0.05, 0) is 19.3 Å². The number of ether oxygens (including phenoxy) is 2. The fourth-order valence-electron chi connectivity index (χ4n) is 3.06. The van der Waals surface area contributed by atoms with Crippen molar-refractivity contribution in [2.75, 3.05) is 53.1 Å². The van der Waals surface area contributed by atoms with Gasteiger partial charge in [0, 0.05) is 58.3 Å². The smallest absolute Gasteiger partial charge is 0.222 e. The number of hydrogen-bond donors (Lipinski definition) is 2. The summed E-state index contributed by atoms with van der Waals surface area (Å²) >= 11 is 0. The second-order valence-electron chi connectivity index (χ2n) is 6.48. The molecule has 2 unspecified atom stereocenters. The van der Waals surface area contributed by atoms with Crippen LogP contribution in [-0.2, 0) is 14.3 Å². The molecule has 2 atom stereocenters. The molecule has 2 saturated heterocycles. The summed E-state index contributed by atoms with van der Waals surface area (Å²) in [6, 6.07) is 0.283. The van der Waals surface area contributed by atoms with Crippen LogP contribution in [0.3, 0.4) is 0 Å². The number of likely N-dealkylation sites (tertiary alicyclic amines) is 1. The highest BCUT2D eigenvalue weighted by atomic mass is 16.5. The number of hydrogen-bond acceptors (Lipinski definition) is 4. The number of carbonyl (C=O) groups excluding carboxylic acids is 1. The zero-order valence-electron chi connectivity index (χ0n) is 15.1. The Morgan fingerprint density at radius 3 is 3.00 bits per heavy atom. The third-order valence-electron chi connectivity index (χ3n) is 4.54. The monoisotopic (exact) mass is 340 g/mol. The van der Waals surface area contributed by atoms with Crippen molar-refractivity contribution >= 4 is 11.9 Å². The van der Waals surface area contributed by atoms with Gasteiger partial charge >= 0.3 is 0 Å². The Morgan fingerprint density at radius 2 is 2.29 bits per heavy atom. The predicted molar refractivity (Wildman–Crippen MR) is 94.1 cm³/mol. The minimum absolute atomic E-state index is 0.229. The average Bonchev–Trinajstić information content (AvgIpc) is 3.27. The van der Waals surface area contributed by atoms with Crippen LogP contribution in [0.1, 0.15) is 32.6 Å². The van der Waals surface area contributed by atoms with Gasteiger partial charge in [0.05, 0.1) is 13.2 Å². The fourth-order valence-corrected chi connectivity index (χ4v) is 3.06. The first-order chi connectivity index (χ1) is 11.7. The highest BCUT2D eigenvalue weighted by Crippen LogP contribution is 2.12. The molecule has 2 fully saturated rings. The van der Waals surface area contributed by atoms with Crippen molar-refractivity contribution in [2.24, 2.45) is 10.9 Å². The molecular formula is C17H32N4O3. The van der Waals surface area contributed by atoms with Crippen molar-refractivity contribution < 1.29 is 14.3 Å². The number of carbonyl (C=O) groups is 1. The Morgan fingerprint density at radius 1 is 1.42 bits per heavy atom. The maximum absolute atomic E-state index is 11.7. The van der Waals surface area contributed by atoms with E-state index in [4.69, 9.17) is 9.47 Å². The molecule has 0 bridgehead atoms. The van der Waals surface area contributed by atoms with Crippen LogP contribution in [0.25, 0.3) is 0 Å². The van der Waals surface area contributed by atoms with E-state index in [1.54, 1.807) is 7.05 Å². The fraction of sp³-hybridized carbons (Fsp3) is 0.882. The summed E-state index contributed by atoms with van der Waals surface area (Å²) in [7, 11) is 1.77. The van der Waals surface area contributed by atoms with E-state index in [9.17, 15) is 4.79 Å². The van der Waals surface area contributed by atoms with Crippen LogP contribution >= 0.6 is 0 Å². The lowest BCUT2D eigenvalue weighted by atomic mass is 10.1. The lowest BCUT2D eigenvalue weighted by molar-refractivity contribution is -0.129. The Kier molecular flexibility index (Phi) is 8.32.